The Labute approximate surface area is 99.6 Å². The summed E-state index contributed by atoms with van der Waals surface area (Å²) >= 11 is 0. The first-order valence-corrected chi connectivity index (χ1v) is 5.38. The number of hydrogen-bond donors (Lipinski definition) is 3. The van der Waals surface area contributed by atoms with Crippen LogP contribution in [0.25, 0.3) is 0 Å². The summed E-state index contributed by atoms with van der Waals surface area (Å²) < 4.78 is 0. The molecule has 1 aromatic rings. The van der Waals surface area contributed by atoms with Gasteiger partial charge in [0.2, 0.25) is 5.91 Å². The Kier molecular flexibility index (Phi) is 4.66. The number of nitrogens with one attached hydrogen (secondary N) is 1. The van der Waals surface area contributed by atoms with E-state index in [4.69, 9.17) is 10.8 Å². The van der Waals surface area contributed by atoms with Crippen molar-refractivity contribution in [2.24, 2.45) is 5.73 Å². The van der Waals surface area contributed by atoms with Crippen LogP contribution in [0.5, 0.6) is 0 Å². The molecule has 17 heavy (non-hydrogen) atoms. The summed E-state index contributed by atoms with van der Waals surface area (Å²) in [5.74, 6) is -2.01. The van der Waals surface area contributed by atoms with Crippen molar-refractivity contribution in [3.8, 4) is 0 Å². The van der Waals surface area contributed by atoms with Gasteiger partial charge >= 0.3 is 5.97 Å². The normalized spacial score (nSPS) is 11.9. The fourth-order valence-corrected chi connectivity index (χ4v) is 1.30. The largest absolute Gasteiger partial charge is 0.480 e. The van der Waals surface area contributed by atoms with E-state index in [2.05, 4.69) is 12.2 Å². The van der Waals surface area contributed by atoms with Gasteiger partial charge in [0.05, 0.1) is 0 Å². The lowest BCUT2D eigenvalue weighted by Gasteiger charge is -2.08. The maximum atomic E-state index is 11.3. The highest BCUT2D eigenvalue weighted by atomic mass is 16.4. The monoisotopic (exact) mass is 236 g/mol. The number of aliphatic carboxylic acids is 1. The standard InChI is InChI=1S/C12H16N2O3/c1-2-8-3-5-9(6-4-8)7-14-11(15)10(13)12(16)17/h3-6,10H,2,7,13H2,1H3,(H,14,15)(H,16,17). The topological polar surface area (TPSA) is 92.4 Å². The molecule has 0 fully saturated rings. The van der Waals surface area contributed by atoms with Gasteiger partial charge in [0.25, 0.3) is 0 Å². The molecule has 0 aromatic heterocycles. The molecule has 0 spiro atoms. The first-order valence-electron chi connectivity index (χ1n) is 5.38. The molecule has 0 heterocycles. The number of carbonyl (C=O) groups is 2. The molecule has 5 nitrogen and oxygen atoms in total. The van der Waals surface area contributed by atoms with Gasteiger partial charge < -0.3 is 16.2 Å². The minimum atomic E-state index is -1.51. The number of benzene rings is 1. The van der Waals surface area contributed by atoms with Crippen molar-refractivity contribution in [2.75, 3.05) is 0 Å². The zero-order valence-corrected chi connectivity index (χ0v) is 9.64. The molecule has 1 unspecified atom stereocenters. The number of hydrogen-bond acceptors (Lipinski definition) is 3. The minimum absolute atomic E-state index is 0.282. The number of carboxylic acids is 1. The highest BCUT2D eigenvalue weighted by Gasteiger charge is 2.20. The van der Waals surface area contributed by atoms with Crippen molar-refractivity contribution in [1.82, 2.24) is 5.32 Å². The fourth-order valence-electron chi connectivity index (χ4n) is 1.30. The highest BCUT2D eigenvalue weighted by Crippen LogP contribution is 2.04. The molecule has 0 bridgehead atoms. The molecule has 1 amide bonds. The van der Waals surface area contributed by atoms with E-state index in [1.807, 2.05) is 24.3 Å². The average molecular weight is 236 g/mol. The molecule has 5 heteroatoms. The molecule has 4 N–H and O–H groups in total. The van der Waals surface area contributed by atoms with Crippen LogP contribution in [0, 0.1) is 0 Å². The van der Waals surface area contributed by atoms with Crippen LogP contribution in [0.2, 0.25) is 0 Å². The zero-order valence-electron chi connectivity index (χ0n) is 9.64. The third-order valence-corrected chi connectivity index (χ3v) is 2.45. The van der Waals surface area contributed by atoms with E-state index in [1.54, 1.807) is 0 Å². The SMILES string of the molecule is CCc1ccc(CNC(=O)C(N)C(=O)O)cc1. The van der Waals surface area contributed by atoms with Crippen LogP contribution in [0.3, 0.4) is 0 Å². The lowest BCUT2D eigenvalue weighted by Crippen LogP contribution is -2.45. The summed E-state index contributed by atoms with van der Waals surface area (Å²) in [6.07, 6.45) is 0.955. The van der Waals surface area contributed by atoms with Gasteiger partial charge in [-0.05, 0) is 17.5 Å². The Morgan fingerprint density at radius 3 is 2.29 bits per heavy atom. The molecule has 0 aliphatic rings. The zero-order chi connectivity index (χ0) is 12.8. The minimum Gasteiger partial charge on any atom is -0.480 e. The third kappa shape index (κ3) is 3.88. The van der Waals surface area contributed by atoms with Gasteiger partial charge in [0.15, 0.2) is 6.04 Å². The number of carboxylic acid groups (broad SMARTS) is 1. The predicted octanol–water partition coefficient (Wildman–Crippen LogP) is 0.277. The molecule has 0 saturated heterocycles. The van der Waals surface area contributed by atoms with Crippen LogP contribution in [0.4, 0.5) is 0 Å². The van der Waals surface area contributed by atoms with Gasteiger partial charge in [-0.1, -0.05) is 31.2 Å². The molecule has 1 atom stereocenters. The molecule has 0 radical (unpaired) electrons. The van der Waals surface area contributed by atoms with E-state index in [-0.39, 0.29) is 6.54 Å². The van der Waals surface area contributed by atoms with Crippen LogP contribution in [0.15, 0.2) is 24.3 Å². The summed E-state index contributed by atoms with van der Waals surface area (Å²) in [5, 5.41) is 11.0. The van der Waals surface area contributed by atoms with E-state index in [9.17, 15) is 9.59 Å². The lowest BCUT2D eigenvalue weighted by molar-refractivity contribution is -0.142. The molecular weight excluding hydrogens is 220 g/mol. The highest BCUT2D eigenvalue weighted by molar-refractivity contribution is 6.00. The maximum Gasteiger partial charge on any atom is 0.330 e. The summed E-state index contributed by atoms with van der Waals surface area (Å²) in [6.45, 7) is 2.34. The van der Waals surface area contributed by atoms with Crippen LogP contribution in [-0.2, 0) is 22.6 Å². The van der Waals surface area contributed by atoms with Crippen molar-refractivity contribution < 1.29 is 14.7 Å². The average Bonchev–Trinajstić information content (AvgIpc) is 2.35. The molecule has 0 saturated carbocycles. The maximum absolute atomic E-state index is 11.3. The molecule has 0 aliphatic carbocycles. The van der Waals surface area contributed by atoms with Gasteiger partial charge in [-0.25, -0.2) is 4.79 Å². The fraction of sp³-hybridized carbons (Fsp3) is 0.333. The molecule has 1 aromatic carbocycles. The number of aryl methyl sites for hydroxylation is 1. The van der Waals surface area contributed by atoms with Crippen molar-refractivity contribution in [2.45, 2.75) is 25.9 Å². The Morgan fingerprint density at radius 2 is 1.82 bits per heavy atom. The van der Waals surface area contributed by atoms with Crippen LogP contribution in [-0.4, -0.2) is 23.0 Å². The van der Waals surface area contributed by atoms with Gasteiger partial charge in [-0.3, -0.25) is 4.79 Å². The van der Waals surface area contributed by atoms with Crippen LogP contribution >= 0.6 is 0 Å². The van der Waals surface area contributed by atoms with E-state index < -0.39 is 17.9 Å². The van der Waals surface area contributed by atoms with Gasteiger partial charge in [-0.15, -0.1) is 0 Å². The molecule has 1 rings (SSSR count). The van der Waals surface area contributed by atoms with Crippen molar-refractivity contribution in [1.29, 1.82) is 0 Å². The smallest absolute Gasteiger partial charge is 0.330 e. The Balaban J connectivity index is 2.50. The van der Waals surface area contributed by atoms with Crippen LogP contribution in [0.1, 0.15) is 18.1 Å². The first kappa shape index (κ1) is 13.2. The summed E-state index contributed by atoms with van der Waals surface area (Å²) in [4.78, 5) is 21.7. The number of nitrogens with two attached hydrogens (primary N) is 1. The molecule has 0 aliphatic heterocycles. The number of carbonyl (C=O) groups excluding carboxylic acids is 1. The molecule has 92 valence electrons. The van der Waals surface area contributed by atoms with Crippen molar-refractivity contribution in [3.63, 3.8) is 0 Å². The van der Waals surface area contributed by atoms with E-state index in [0.717, 1.165) is 12.0 Å². The second-order valence-electron chi connectivity index (χ2n) is 3.70. The summed E-state index contributed by atoms with van der Waals surface area (Å²) in [6, 6.07) is 6.22. The van der Waals surface area contributed by atoms with E-state index in [1.165, 1.54) is 5.56 Å². The Bertz CT molecular complexity index is 401. The number of rotatable bonds is 5. The summed E-state index contributed by atoms with van der Waals surface area (Å²) in [7, 11) is 0. The van der Waals surface area contributed by atoms with Gasteiger partial charge in [0.1, 0.15) is 0 Å². The van der Waals surface area contributed by atoms with Crippen molar-refractivity contribution >= 4 is 11.9 Å². The van der Waals surface area contributed by atoms with Gasteiger partial charge in [0, 0.05) is 6.54 Å². The lowest BCUT2D eigenvalue weighted by atomic mass is 10.1. The van der Waals surface area contributed by atoms with Gasteiger partial charge in [-0.2, -0.15) is 0 Å². The van der Waals surface area contributed by atoms with E-state index in [0.29, 0.717) is 0 Å². The Morgan fingerprint density at radius 1 is 1.29 bits per heavy atom. The van der Waals surface area contributed by atoms with Crippen molar-refractivity contribution in [3.05, 3.63) is 35.4 Å². The first-order chi connectivity index (χ1) is 8.04. The number of amides is 1. The Hall–Kier alpha value is -1.88. The van der Waals surface area contributed by atoms with Crippen LogP contribution < -0.4 is 11.1 Å². The quantitative estimate of drug-likeness (QED) is 0.640. The second kappa shape index (κ2) is 6.00. The second-order valence-corrected chi connectivity index (χ2v) is 3.70. The molecular formula is C12H16N2O3. The third-order valence-electron chi connectivity index (χ3n) is 2.45. The van der Waals surface area contributed by atoms with E-state index >= 15 is 0 Å². The summed E-state index contributed by atoms with van der Waals surface area (Å²) in [5.41, 5.74) is 7.28. The predicted molar refractivity (Wildman–Crippen MR) is 63.3 cm³/mol.